The van der Waals surface area contributed by atoms with Crippen LogP contribution in [0.5, 0.6) is 0 Å². The van der Waals surface area contributed by atoms with Gasteiger partial charge in [0.05, 0.1) is 21.7 Å². The van der Waals surface area contributed by atoms with E-state index >= 15 is 79.0 Å². The number of alkyl halides is 2. The molecule has 0 aromatic heterocycles. The van der Waals surface area contributed by atoms with Crippen molar-refractivity contribution in [3.05, 3.63) is 157 Å². The lowest BCUT2D eigenvalue weighted by atomic mass is 9.99. The Bertz CT molecular complexity index is 3360. The molecule has 63 heavy (non-hydrogen) atoms. The van der Waals surface area contributed by atoms with Crippen molar-refractivity contribution in [2.75, 3.05) is 0 Å². The lowest BCUT2D eigenvalue weighted by Gasteiger charge is -2.27. The van der Waals surface area contributed by atoms with E-state index in [1.165, 1.54) is 0 Å². The highest BCUT2D eigenvalue weighted by Crippen LogP contribution is 2.55. The summed E-state index contributed by atoms with van der Waals surface area (Å²) in [6.45, 7) is 0. The molecule has 23 heteroatoms. The average Bonchev–Trinajstić information content (AvgIpc) is 3.75. The van der Waals surface area contributed by atoms with Gasteiger partial charge in [0.2, 0.25) is 0 Å². The molecule has 0 amide bonds. The van der Waals surface area contributed by atoms with Crippen LogP contribution in [0.25, 0.3) is 43.8 Å². The topological polar surface area (TPSA) is 0 Å². The maximum Gasteiger partial charge on any atom is 0.400 e. The molecule has 0 bridgehead atoms. The van der Waals surface area contributed by atoms with Crippen LogP contribution in [0.4, 0.5) is 96.6 Å². The highest BCUT2D eigenvalue weighted by molar-refractivity contribution is 6.97. The van der Waals surface area contributed by atoms with Gasteiger partial charge in [0.1, 0.15) is 23.3 Å². The molecule has 0 fully saturated rings. The summed E-state index contributed by atoms with van der Waals surface area (Å²) in [6.07, 6.45) is -1.24. The molecule has 0 heterocycles. The molecular formula is C40H5AlF22. The predicted octanol–water partition coefficient (Wildman–Crippen LogP) is 11.0. The summed E-state index contributed by atoms with van der Waals surface area (Å²) >= 11 is -6.58. The summed E-state index contributed by atoms with van der Waals surface area (Å²) < 4.78 is 339. The average molecular weight is 930 g/mol. The van der Waals surface area contributed by atoms with E-state index < -0.39 is 222 Å². The zero-order chi connectivity index (χ0) is 46.1. The summed E-state index contributed by atoms with van der Waals surface area (Å²) in [6, 6.07) is 2.29. The molecular weight excluding hydrogens is 925 g/mol. The van der Waals surface area contributed by atoms with Crippen molar-refractivity contribution in [1.29, 1.82) is 0 Å². The first-order valence-electron chi connectivity index (χ1n) is 17.0. The van der Waals surface area contributed by atoms with Gasteiger partial charge in [-0.2, -0.15) is 8.78 Å². The Kier molecular flexibility index (Phi) is 9.10. The van der Waals surface area contributed by atoms with E-state index in [0.717, 1.165) is 12.1 Å². The minimum atomic E-state index is -6.58. The van der Waals surface area contributed by atoms with Crippen molar-refractivity contribution >= 4 is 49.0 Å². The smallest absolute Gasteiger partial charge is 0.206 e. The summed E-state index contributed by atoms with van der Waals surface area (Å²) in [5.74, 6) is -64.5. The van der Waals surface area contributed by atoms with E-state index in [1.54, 1.807) is 0 Å². The second kappa shape index (κ2) is 13.5. The molecule has 0 nitrogen and oxygen atoms in total. The first kappa shape index (κ1) is 42.4. The molecule has 322 valence electrons. The molecule has 9 rings (SSSR count). The third-order valence-corrected chi connectivity index (χ3v) is 14.5. The molecule has 0 atom stereocenters. The second-order valence-corrected chi connectivity index (χ2v) is 16.6. The Morgan fingerprint density at radius 3 is 1.29 bits per heavy atom. The van der Waals surface area contributed by atoms with Gasteiger partial charge in [-0.3, -0.25) is 0 Å². The zero-order valence-corrected chi connectivity index (χ0v) is 30.5. The summed E-state index contributed by atoms with van der Waals surface area (Å²) in [7, 11) is 0. The molecule has 0 N–H and O–H groups in total. The monoisotopic (exact) mass is 930 g/mol. The highest BCUT2D eigenvalue weighted by Gasteiger charge is 2.57. The van der Waals surface area contributed by atoms with Crippen LogP contribution >= 0.6 is 0 Å². The Labute approximate surface area is 336 Å². The van der Waals surface area contributed by atoms with Crippen molar-refractivity contribution < 1.29 is 96.6 Å². The van der Waals surface area contributed by atoms with Crippen LogP contribution in [0.2, 0.25) is 0 Å². The van der Waals surface area contributed by atoms with E-state index in [2.05, 4.69) is 0 Å². The lowest BCUT2D eigenvalue weighted by Crippen LogP contribution is -2.60. The lowest BCUT2D eigenvalue weighted by molar-refractivity contribution is 0.0435. The van der Waals surface area contributed by atoms with Gasteiger partial charge >= 0.3 is 20.1 Å². The normalized spacial score (nSPS) is 13.6. The molecule has 0 aliphatic heterocycles. The van der Waals surface area contributed by atoms with Crippen LogP contribution < -0.4 is 13.3 Å². The van der Waals surface area contributed by atoms with Crippen molar-refractivity contribution in [3.8, 4) is 22.3 Å². The molecule has 0 radical (unpaired) electrons. The Balaban J connectivity index is 1.60. The summed E-state index contributed by atoms with van der Waals surface area (Å²) in [4.78, 5) is 0. The first-order chi connectivity index (χ1) is 29.4. The predicted molar refractivity (Wildman–Crippen MR) is 175 cm³/mol. The standard InChI is InChI=1S/C14F9.C13F9.C13H5F4.Al/c15-3-1-2-4(10(19)8(3)17)9(18)6-5(7(2)16)11(20)13(22)14(23)12(6)21;14-3-1-2-4(8(16)7(3)15)5-6(13(2,21)22)10(18)12(20)11(19)9(5)17;14-8-3-1-2-6-4-7-5-9(15)12(16)13(17)11(7)10(6)8;/h;;1-3H,4H2;. The number of hydrogen-bond donors (Lipinski definition) is 0. The highest BCUT2D eigenvalue weighted by atomic mass is 27.2. The third kappa shape index (κ3) is 5.05. The quantitative estimate of drug-likeness (QED) is 0.0545. The van der Waals surface area contributed by atoms with E-state index in [9.17, 15) is 17.6 Å². The van der Waals surface area contributed by atoms with Gasteiger partial charge in [0, 0.05) is 33.2 Å². The number of rotatable bonds is 3. The minimum absolute atomic E-state index is 0.541. The Morgan fingerprint density at radius 2 is 0.730 bits per heavy atom. The van der Waals surface area contributed by atoms with Crippen molar-refractivity contribution in [3.63, 3.8) is 0 Å². The number of hydrogen-bond acceptors (Lipinski definition) is 0. The van der Waals surface area contributed by atoms with Crippen LogP contribution in [0.15, 0.2) is 18.2 Å². The van der Waals surface area contributed by atoms with Crippen LogP contribution in [-0.4, -0.2) is 14.1 Å². The van der Waals surface area contributed by atoms with Crippen LogP contribution in [0.1, 0.15) is 22.3 Å². The van der Waals surface area contributed by atoms with E-state index in [1.807, 2.05) is 0 Å². The summed E-state index contributed by atoms with van der Waals surface area (Å²) in [5.41, 5.74) is -15.1. The van der Waals surface area contributed by atoms with E-state index in [-0.39, 0.29) is 0 Å². The maximum atomic E-state index is 16.9. The van der Waals surface area contributed by atoms with Crippen molar-refractivity contribution in [1.82, 2.24) is 0 Å². The van der Waals surface area contributed by atoms with Gasteiger partial charge in [-0.15, -0.1) is 0 Å². The number of halogens is 22. The maximum absolute atomic E-state index is 16.9. The number of benzene rings is 7. The Morgan fingerprint density at radius 1 is 0.333 bits per heavy atom. The van der Waals surface area contributed by atoms with Gasteiger partial charge in [-0.1, -0.05) is 25.4 Å². The van der Waals surface area contributed by atoms with Gasteiger partial charge < -0.3 is 0 Å². The largest absolute Gasteiger partial charge is 0.400 e. The number of fused-ring (bicyclic) bond motifs is 8. The second-order valence-electron chi connectivity index (χ2n) is 14.0. The molecule has 2 aliphatic rings. The third-order valence-electron chi connectivity index (χ3n) is 11.1. The minimum Gasteiger partial charge on any atom is -0.206 e. The molecule has 0 spiro atoms. The van der Waals surface area contributed by atoms with Gasteiger partial charge in [0.25, 0.3) is 0 Å². The fraction of sp³-hybridized carbons (Fsp3) is 0.0500. The van der Waals surface area contributed by atoms with Crippen LogP contribution in [-0.2, 0) is 12.3 Å². The van der Waals surface area contributed by atoms with Crippen molar-refractivity contribution in [2.45, 2.75) is 12.3 Å². The van der Waals surface area contributed by atoms with Crippen LogP contribution in [0.3, 0.4) is 0 Å². The molecule has 2 aliphatic carbocycles. The van der Waals surface area contributed by atoms with Gasteiger partial charge in [-0.05, 0) is 23.6 Å². The SMILES string of the molecule is Fc1cccc2c1-c1c(F)c(F)c(F)[c]([Al]([c]3c(F)c(F)c(F)c4c3C(F)(F)c3c(F)c(F)c(F)c(F)c3-4)[c]3c(F)c(F)c(F)c4c(F)c5c(F)c(F)c(F)c(F)c5c(F)c34)c1C2. The van der Waals surface area contributed by atoms with Crippen LogP contribution in [0, 0.1) is 116 Å². The molecule has 0 saturated carbocycles. The molecule has 7 aromatic carbocycles. The van der Waals surface area contributed by atoms with Crippen molar-refractivity contribution in [2.24, 2.45) is 0 Å². The fourth-order valence-electron chi connectivity index (χ4n) is 8.56. The van der Waals surface area contributed by atoms with E-state index in [0.29, 0.717) is 6.07 Å². The fourth-order valence-corrected chi connectivity index (χ4v) is 12.3. The molecule has 0 saturated heterocycles. The summed E-state index contributed by atoms with van der Waals surface area (Å²) in [5, 5.41) is -10.1. The molecule has 7 aromatic rings. The first-order valence-corrected chi connectivity index (χ1v) is 18.7. The van der Waals surface area contributed by atoms with Gasteiger partial charge in [-0.25, -0.2) is 87.8 Å². The zero-order valence-electron chi connectivity index (χ0n) is 29.3. The van der Waals surface area contributed by atoms with E-state index in [4.69, 9.17) is 0 Å². The molecule has 0 unspecified atom stereocenters. The van der Waals surface area contributed by atoms with Gasteiger partial charge in [0.15, 0.2) is 93.1 Å². The Hall–Kier alpha value is -5.95.